The maximum atomic E-state index is 14.3. The van der Waals surface area contributed by atoms with Crippen LogP contribution in [0.4, 0.5) is 9.18 Å². The summed E-state index contributed by atoms with van der Waals surface area (Å²) >= 11 is 0. The second kappa shape index (κ2) is 15.7. The van der Waals surface area contributed by atoms with Gasteiger partial charge in [0.2, 0.25) is 0 Å². The lowest BCUT2D eigenvalue weighted by Gasteiger charge is -2.38. The summed E-state index contributed by atoms with van der Waals surface area (Å²) in [5.41, 5.74) is -0.405. The minimum absolute atomic E-state index is 0.00535. The molecule has 0 bridgehead atoms. The van der Waals surface area contributed by atoms with E-state index >= 15 is 0 Å². The number of alkyl halides is 1. The van der Waals surface area contributed by atoms with Crippen molar-refractivity contribution in [1.82, 2.24) is 25.6 Å². The fourth-order valence-corrected chi connectivity index (χ4v) is 4.76. The van der Waals surface area contributed by atoms with Crippen molar-refractivity contribution in [2.45, 2.75) is 78.7 Å². The van der Waals surface area contributed by atoms with E-state index in [4.69, 9.17) is 23.7 Å². The van der Waals surface area contributed by atoms with E-state index in [-0.39, 0.29) is 19.5 Å². The summed E-state index contributed by atoms with van der Waals surface area (Å²) in [6.07, 6.45) is 0.603. The van der Waals surface area contributed by atoms with Crippen molar-refractivity contribution in [1.29, 1.82) is 0 Å². The van der Waals surface area contributed by atoms with Crippen molar-refractivity contribution in [3.05, 3.63) is 29.6 Å². The number of rotatable bonds is 15. The van der Waals surface area contributed by atoms with E-state index in [1.54, 1.807) is 39.1 Å². The van der Waals surface area contributed by atoms with Crippen LogP contribution in [0.25, 0.3) is 0 Å². The monoisotopic (exact) mass is 623 g/mol. The molecule has 0 saturated heterocycles. The molecule has 1 aromatic carbocycles. The topological polar surface area (TPSA) is 152 Å². The van der Waals surface area contributed by atoms with Gasteiger partial charge in [-0.05, 0) is 26.2 Å². The first-order chi connectivity index (χ1) is 20.6. The number of nitrogens with one attached hydrogen (secondary N) is 2. The molecule has 2 N–H and O–H groups in total. The van der Waals surface area contributed by atoms with Gasteiger partial charge in [0.15, 0.2) is 11.8 Å². The van der Waals surface area contributed by atoms with E-state index in [0.717, 1.165) is 7.11 Å². The van der Waals surface area contributed by atoms with Gasteiger partial charge in [-0.2, -0.15) is 0 Å². The first kappa shape index (κ1) is 36.3. The highest BCUT2D eigenvalue weighted by atomic mass is 19.1. The molecular weight excluding hydrogens is 577 g/mol. The third kappa shape index (κ3) is 10.1. The first-order valence-corrected chi connectivity index (χ1v) is 14.2. The molecule has 0 saturated carbocycles. The number of aromatic nitrogens is 3. The molecule has 246 valence electrons. The van der Waals surface area contributed by atoms with E-state index < -0.39 is 53.5 Å². The highest BCUT2D eigenvalue weighted by molar-refractivity contribution is 6.06. The quantitative estimate of drug-likeness (QED) is 0.222. The SMILES string of the molecule is COC(=O)[C@@H](NC(=O)OC(C)(C)C)C(=O)[C@H](Cc1cn(CCF)nn1)C(NCc1c(OC)cc(OC)cc1OC)C(C)(C)C. The predicted molar refractivity (Wildman–Crippen MR) is 160 cm³/mol. The lowest BCUT2D eigenvalue weighted by Crippen LogP contribution is -2.57. The van der Waals surface area contributed by atoms with Crippen LogP contribution < -0.4 is 24.8 Å². The summed E-state index contributed by atoms with van der Waals surface area (Å²) < 4.78 is 41.1. The number of ether oxygens (including phenoxy) is 5. The van der Waals surface area contributed by atoms with Gasteiger partial charge in [0.05, 0.1) is 46.2 Å². The summed E-state index contributed by atoms with van der Waals surface area (Å²) in [5.74, 6) is -1.02. The number of alkyl carbamates (subject to hydrolysis) is 1. The van der Waals surface area contributed by atoms with Crippen LogP contribution in [0.2, 0.25) is 0 Å². The second-order valence-corrected chi connectivity index (χ2v) is 12.2. The summed E-state index contributed by atoms with van der Waals surface area (Å²) in [6.45, 7) is 10.3. The lowest BCUT2D eigenvalue weighted by atomic mass is 9.74. The van der Waals surface area contributed by atoms with Crippen LogP contribution in [0.3, 0.4) is 0 Å². The highest BCUT2D eigenvalue weighted by Crippen LogP contribution is 2.36. The minimum atomic E-state index is -1.68. The van der Waals surface area contributed by atoms with Crippen molar-refractivity contribution in [2.24, 2.45) is 11.3 Å². The van der Waals surface area contributed by atoms with Crippen molar-refractivity contribution in [3.8, 4) is 17.2 Å². The summed E-state index contributed by atoms with van der Waals surface area (Å²) in [5, 5.41) is 13.9. The average Bonchev–Trinajstić information content (AvgIpc) is 3.39. The molecule has 0 aliphatic rings. The number of hydrogen-bond acceptors (Lipinski definition) is 11. The zero-order valence-corrected chi connectivity index (χ0v) is 27.3. The number of benzene rings is 1. The molecule has 0 aliphatic carbocycles. The molecule has 1 unspecified atom stereocenters. The number of methoxy groups -OCH3 is 4. The molecule has 1 aromatic heterocycles. The standard InChI is InChI=1S/C30H46FN5O8/c1-29(2,3)26(32-16-21-22(41-8)14-19(40-7)15-23(21)42-9)20(13-18-17-36(12-11-31)35-34-18)25(37)24(27(38)43-10)33-28(39)44-30(4,5)6/h14-15,17,20,24,26,32H,11-13,16H2,1-10H3,(H,33,39)/t20-,24-,26?/m0/s1. The molecule has 0 aliphatic heterocycles. The number of halogens is 1. The Labute approximate surface area is 258 Å². The van der Waals surface area contributed by atoms with Gasteiger partial charge in [-0.1, -0.05) is 26.0 Å². The molecule has 14 heteroatoms. The smallest absolute Gasteiger partial charge is 0.408 e. The zero-order valence-electron chi connectivity index (χ0n) is 27.3. The molecule has 1 amide bonds. The minimum Gasteiger partial charge on any atom is -0.496 e. The predicted octanol–water partition coefficient (Wildman–Crippen LogP) is 3.27. The zero-order chi connectivity index (χ0) is 33.2. The number of ketones is 1. The Morgan fingerprint density at radius 3 is 2.07 bits per heavy atom. The number of Topliss-reactive ketones (excluding diaryl/α,β-unsaturated/α-hetero) is 1. The molecule has 2 rings (SSSR count). The number of carbonyl (C=O) groups excluding carboxylic acids is 3. The van der Waals surface area contributed by atoms with Crippen LogP contribution in [0.1, 0.15) is 52.8 Å². The molecule has 0 radical (unpaired) electrons. The normalized spacial score (nSPS) is 13.8. The van der Waals surface area contributed by atoms with Gasteiger partial charge in [0.1, 0.15) is 29.5 Å². The maximum Gasteiger partial charge on any atom is 0.408 e. The van der Waals surface area contributed by atoms with Crippen molar-refractivity contribution in [3.63, 3.8) is 0 Å². The van der Waals surface area contributed by atoms with E-state index in [0.29, 0.717) is 28.5 Å². The fraction of sp³-hybridized carbons (Fsp3) is 0.633. The van der Waals surface area contributed by atoms with Gasteiger partial charge in [-0.3, -0.25) is 4.79 Å². The van der Waals surface area contributed by atoms with E-state index in [1.165, 1.54) is 26.0 Å². The number of carbonyl (C=O) groups is 3. The molecule has 3 atom stereocenters. The lowest BCUT2D eigenvalue weighted by molar-refractivity contribution is -0.148. The number of nitrogens with zero attached hydrogens (tertiary/aromatic N) is 3. The van der Waals surface area contributed by atoms with E-state index in [2.05, 4.69) is 20.9 Å². The van der Waals surface area contributed by atoms with Gasteiger partial charge in [-0.15, -0.1) is 5.10 Å². The van der Waals surface area contributed by atoms with Crippen molar-refractivity contribution < 1.29 is 42.5 Å². The van der Waals surface area contributed by atoms with Crippen LogP contribution in [0.5, 0.6) is 17.2 Å². The Hall–Kier alpha value is -3.94. The number of esters is 1. The van der Waals surface area contributed by atoms with Gasteiger partial charge in [-0.25, -0.2) is 18.7 Å². The van der Waals surface area contributed by atoms with Gasteiger partial charge in [0, 0.05) is 43.3 Å². The Morgan fingerprint density at radius 2 is 1.59 bits per heavy atom. The molecule has 2 aromatic rings. The maximum absolute atomic E-state index is 14.3. The van der Waals surface area contributed by atoms with Crippen LogP contribution in [-0.4, -0.2) is 85.6 Å². The molecule has 13 nitrogen and oxygen atoms in total. The molecule has 0 spiro atoms. The fourth-order valence-electron chi connectivity index (χ4n) is 4.76. The summed E-state index contributed by atoms with van der Waals surface area (Å²) in [4.78, 5) is 40.0. The van der Waals surface area contributed by atoms with Crippen LogP contribution >= 0.6 is 0 Å². The van der Waals surface area contributed by atoms with Crippen LogP contribution in [0, 0.1) is 11.3 Å². The molecular formula is C30H46FN5O8. The second-order valence-electron chi connectivity index (χ2n) is 12.2. The Kier molecular flexibility index (Phi) is 12.9. The molecule has 44 heavy (non-hydrogen) atoms. The Morgan fingerprint density at radius 1 is 0.977 bits per heavy atom. The third-order valence-electron chi connectivity index (χ3n) is 6.73. The Balaban J connectivity index is 2.59. The highest BCUT2D eigenvalue weighted by Gasteiger charge is 2.43. The largest absolute Gasteiger partial charge is 0.496 e. The Bertz CT molecular complexity index is 1250. The van der Waals surface area contributed by atoms with E-state index in [9.17, 15) is 18.8 Å². The number of amides is 1. The van der Waals surface area contributed by atoms with E-state index in [1.807, 2.05) is 20.8 Å². The first-order valence-electron chi connectivity index (χ1n) is 14.2. The summed E-state index contributed by atoms with van der Waals surface area (Å²) in [7, 11) is 5.70. The van der Waals surface area contributed by atoms with Gasteiger partial charge >= 0.3 is 12.1 Å². The third-order valence-corrected chi connectivity index (χ3v) is 6.73. The average molecular weight is 624 g/mol. The van der Waals surface area contributed by atoms with Gasteiger partial charge < -0.3 is 34.3 Å². The van der Waals surface area contributed by atoms with Gasteiger partial charge in [0.25, 0.3) is 0 Å². The summed E-state index contributed by atoms with van der Waals surface area (Å²) in [6, 6.07) is 1.13. The molecule has 1 heterocycles. The van der Waals surface area contributed by atoms with Crippen molar-refractivity contribution >= 4 is 17.8 Å². The molecule has 0 fully saturated rings. The number of hydrogen-bond donors (Lipinski definition) is 2. The number of aryl methyl sites for hydroxylation is 1. The van der Waals surface area contributed by atoms with Crippen molar-refractivity contribution in [2.75, 3.05) is 35.1 Å². The van der Waals surface area contributed by atoms with Crippen LogP contribution in [-0.2, 0) is 38.6 Å². The van der Waals surface area contributed by atoms with Crippen LogP contribution in [0.15, 0.2) is 18.3 Å².